The number of halogens is 4. The van der Waals surface area contributed by atoms with Gasteiger partial charge in [0.1, 0.15) is 18.3 Å². The molecule has 1 aliphatic rings. The van der Waals surface area contributed by atoms with Crippen LogP contribution in [-0.4, -0.2) is 68.1 Å². The topological polar surface area (TPSA) is 102 Å². The second kappa shape index (κ2) is 9.02. The molecule has 5 rings (SSSR count). The van der Waals surface area contributed by atoms with E-state index >= 15 is 0 Å². The Balaban J connectivity index is 1.57. The summed E-state index contributed by atoms with van der Waals surface area (Å²) in [7, 11) is 0. The van der Waals surface area contributed by atoms with Crippen molar-refractivity contribution in [3.63, 3.8) is 0 Å². The molecule has 3 N–H and O–H groups in total. The molecule has 184 valence electrons. The zero-order chi connectivity index (χ0) is 24.7. The van der Waals surface area contributed by atoms with E-state index in [-0.39, 0.29) is 49.5 Å². The molecule has 4 heterocycles. The fourth-order valence-corrected chi connectivity index (χ4v) is 4.42. The molecule has 0 amide bonds. The third-order valence-corrected chi connectivity index (χ3v) is 5.99. The second-order valence-corrected chi connectivity index (χ2v) is 8.45. The lowest BCUT2D eigenvalue weighted by Gasteiger charge is -2.30. The Kier molecular flexibility index (Phi) is 6.03. The number of nitrogens with zero attached hydrogens (tertiary/aromatic N) is 5. The van der Waals surface area contributed by atoms with E-state index < -0.39 is 18.0 Å². The quantitative estimate of drug-likeness (QED) is 0.401. The van der Waals surface area contributed by atoms with Gasteiger partial charge in [-0.05, 0) is 30.2 Å². The number of pyridine rings is 2. The van der Waals surface area contributed by atoms with E-state index in [4.69, 9.17) is 15.6 Å². The van der Waals surface area contributed by atoms with Crippen molar-refractivity contribution in [1.82, 2.24) is 24.5 Å². The van der Waals surface area contributed by atoms with Crippen LogP contribution < -0.4 is 10.5 Å². The van der Waals surface area contributed by atoms with Gasteiger partial charge in [0.25, 0.3) is 0 Å². The first-order valence-electron chi connectivity index (χ1n) is 11.0. The second-order valence-electron chi connectivity index (χ2n) is 8.45. The third kappa shape index (κ3) is 4.51. The van der Waals surface area contributed by atoms with Gasteiger partial charge in [-0.1, -0.05) is 12.1 Å². The SMILES string of the molecule is NC1CCN([C@H](c2ccc3nnc(-c4ccc5cc(F)c(OCCO)cc5n4)n3c2)C(F)(F)F)C1. The van der Waals surface area contributed by atoms with Gasteiger partial charge in [0.05, 0.1) is 12.1 Å². The van der Waals surface area contributed by atoms with Crippen molar-refractivity contribution >= 4 is 16.6 Å². The molecule has 1 fully saturated rings. The Bertz CT molecular complexity index is 1380. The van der Waals surface area contributed by atoms with Crippen LogP contribution in [-0.2, 0) is 0 Å². The summed E-state index contributed by atoms with van der Waals surface area (Å²) in [5, 5.41) is 17.6. The molecule has 3 aromatic heterocycles. The van der Waals surface area contributed by atoms with Gasteiger partial charge in [-0.2, -0.15) is 13.2 Å². The predicted octanol–water partition coefficient (Wildman–Crippen LogP) is 3.09. The summed E-state index contributed by atoms with van der Waals surface area (Å²) in [5.41, 5.74) is 7.00. The Morgan fingerprint density at radius 1 is 1.17 bits per heavy atom. The highest BCUT2D eigenvalue weighted by Gasteiger charge is 2.46. The summed E-state index contributed by atoms with van der Waals surface area (Å²) in [4.78, 5) is 5.85. The van der Waals surface area contributed by atoms with Crippen LogP contribution in [0.4, 0.5) is 17.6 Å². The molecule has 2 atom stereocenters. The Morgan fingerprint density at radius 3 is 2.71 bits per heavy atom. The molecule has 0 spiro atoms. The van der Waals surface area contributed by atoms with Gasteiger partial charge in [-0.25, -0.2) is 9.37 Å². The number of aliphatic hydroxyl groups excluding tert-OH is 1. The number of hydrogen-bond donors (Lipinski definition) is 2. The van der Waals surface area contributed by atoms with Crippen molar-refractivity contribution in [2.45, 2.75) is 24.7 Å². The van der Waals surface area contributed by atoms with Crippen LogP contribution in [0, 0.1) is 5.82 Å². The van der Waals surface area contributed by atoms with Gasteiger partial charge in [0.15, 0.2) is 23.0 Å². The number of alkyl halides is 3. The summed E-state index contributed by atoms with van der Waals surface area (Å²) < 4.78 is 63.1. The molecule has 0 bridgehead atoms. The Morgan fingerprint density at radius 2 is 2.00 bits per heavy atom. The van der Waals surface area contributed by atoms with Crippen molar-refractivity contribution in [2.24, 2.45) is 5.73 Å². The van der Waals surface area contributed by atoms with Crippen molar-refractivity contribution in [3.05, 3.63) is 54.0 Å². The first-order chi connectivity index (χ1) is 16.7. The van der Waals surface area contributed by atoms with E-state index in [9.17, 15) is 17.6 Å². The van der Waals surface area contributed by atoms with Crippen LogP contribution in [0.2, 0.25) is 0 Å². The lowest BCUT2D eigenvalue weighted by molar-refractivity contribution is -0.183. The van der Waals surface area contributed by atoms with Gasteiger partial charge in [-0.15, -0.1) is 10.2 Å². The normalized spacial score (nSPS) is 17.9. The minimum absolute atomic E-state index is 0.0442. The number of ether oxygens (including phenoxy) is 1. The van der Waals surface area contributed by atoms with Crippen molar-refractivity contribution in [3.8, 4) is 17.3 Å². The van der Waals surface area contributed by atoms with E-state index in [1.54, 1.807) is 12.1 Å². The average molecular weight is 490 g/mol. The molecular formula is C23H22F4N6O2. The molecule has 12 heteroatoms. The Hall–Kier alpha value is -3.35. The van der Waals surface area contributed by atoms with Gasteiger partial charge < -0.3 is 15.6 Å². The molecule has 1 unspecified atom stereocenters. The van der Waals surface area contributed by atoms with Gasteiger partial charge in [0, 0.05) is 36.8 Å². The monoisotopic (exact) mass is 490 g/mol. The number of aromatic nitrogens is 4. The first-order valence-corrected chi connectivity index (χ1v) is 11.0. The van der Waals surface area contributed by atoms with Crippen LogP contribution >= 0.6 is 0 Å². The maximum Gasteiger partial charge on any atom is 0.408 e. The van der Waals surface area contributed by atoms with E-state index in [1.807, 2.05) is 0 Å². The standard InChI is InChI=1S/C23H22F4N6O2/c24-16-9-13-1-3-17(29-18(13)10-19(16)35-8-7-34)22-31-30-20-4-2-14(11-33(20)22)21(23(25,26)27)32-6-5-15(28)12-32/h1-4,9-11,15,21,34H,5-8,12,28H2/t15?,21-/m1/s1. The molecule has 35 heavy (non-hydrogen) atoms. The molecule has 1 saturated heterocycles. The number of nitrogens with two attached hydrogens (primary N) is 1. The average Bonchev–Trinajstić information content (AvgIpc) is 3.42. The zero-order valence-corrected chi connectivity index (χ0v) is 18.4. The van der Waals surface area contributed by atoms with Crippen molar-refractivity contribution in [1.29, 1.82) is 0 Å². The summed E-state index contributed by atoms with van der Waals surface area (Å²) in [6, 6.07) is 6.66. The van der Waals surface area contributed by atoms with Crippen LogP contribution in [0.1, 0.15) is 18.0 Å². The number of hydrogen-bond acceptors (Lipinski definition) is 7. The predicted molar refractivity (Wildman–Crippen MR) is 119 cm³/mol. The number of likely N-dealkylation sites (tertiary alicyclic amines) is 1. The van der Waals surface area contributed by atoms with Crippen LogP contribution in [0.15, 0.2) is 42.6 Å². The fraction of sp³-hybridized carbons (Fsp3) is 0.348. The van der Waals surface area contributed by atoms with Crippen molar-refractivity contribution < 1.29 is 27.4 Å². The highest BCUT2D eigenvalue weighted by atomic mass is 19.4. The highest BCUT2D eigenvalue weighted by molar-refractivity contribution is 5.82. The van der Waals surface area contributed by atoms with Crippen LogP contribution in [0.3, 0.4) is 0 Å². The lowest BCUT2D eigenvalue weighted by atomic mass is 10.1. The van der Waals surface area contributed by atoms with E-state index in [1.165, 1.54) is 39.8 Å². The molecule has 1 aliphatic heterocycles. The minimum Gasteiger partial charge on any atom is -0.488 e. The van der Waals surface area contributed by atoms with Crippen molar-refractivity contribution in [2.75, 3.05) is 26.3 Å². The van der Waals surface area contributed by atoms with Gasteiger partial charge >= 0.3 is 6.18 Å². The molecule has 0 aliphatic carbocycles. The Labute approximate surface area is 196 Å². The summed E-state index contributed by atoms with van der Waals surface area (Å²) in [5.74, 6) is -0.427. The van der Waals surface area contributed by atoms with Gasteiger partial charge in [-0.3, -0.25) is 9.30 Å². The van der Waals surface area contributed by atoms with Crippen LogP contribution in [0.25, 0.3) is 28.1 Å². The molecule has 4 aromatic rings. The number of fused-ring (bicyclic) bond motifs is 2. The fourth-order valence-electron chi connectivity index (χ4n) is 4.42. The molecule has 0 radical (unpaired) electrons. The maximum absolute atomic E-state index is 14.2. The molecule has 1 aromatic carbocycles. The lowest BCUT2D eigenvalue weighted by Crippen LogP contribution is -2.38. The number of rotatable bonds is 6. The number of aliphatic hydroxyl groups is 1. The van der Waals surface area contributed by atoms with Gasteiger partial charge in [0.2, 0.25) is 0 Å². The van der Waals surface area contributed by atoms with E-state index in [2.05, 4.69) is 15.2 Å². The third-order valence-electron chi connectivity index (χ3n) is 5.99. The summed E-state index contributed by atoms with van der Waals surface area (Å²) >= 11 is 0. The summed E-state index contributed by atoms with van der Waals surface area (Å²) in [6.45, 7) is 0.0475. The molecule has 8 nitrogen and oxygen atoms in total. The molecular weight excluding hydrogens is 468 g/mol. The zero-order valence-electron chi connectivity index (χ0n) is 18.4. The highest BCUT2D eigenvalue weighted by Crippen LogP contribution is 2.39. The first kappa shape index (κ1) is 23.4. The summed E-state index contributed by atoms with van der Waals surface area (Å²) in [6.07, 6.45) is -2.63. The molecule has 0 saturated carbocycles. The van der Waals surface area contributed by atoms with E-state index in [0.717, 1.165) is 0 Å². The number of benzene rings is 1. The smallest absolute Gasteiger partial charge is 0.408 e. The largest absolute Gasteiger partial charge is 0.488 e. The van der Waals surface area contributed by atoms with Crippen LogP contribution in [0.5, 0.6) is 5.75 Å². The van der Waals surface area contributed by atoms with E-state index in [0.29, 0.717) is 28.7 Å². The minimum atomic E-state index is -4.50. The maximum atomic E-state index is 14.2.